The lowest BCUT2D eigenvalue weighted by Crippen LogP contribution is -2.45. The summed E-state index contributed by atoms with van der Waals surface area (Å²) in [5.41, 5.74) is -0.566. The highest BCUT2D eigenvalue weighted by molar-refractivity contribution is 5.48. The van der Waals surface area contributed by atoms with Gasteiger partial charge in [0.25, 0.3) is 0 Å². The summed E-state index contributed by atoms with van der Waals surface area (Å²) in [7, 11) is 1.52. The Bertz CT molecular complexity index is 474. The van der Waals surface area contributed by atoms with Gasteiger partial charge in [-0.3, -0.25) is 0 Å². The molecule has 6 heteroatoms. The number of aliphatic hydroxyl groups excluding tert-OH is 1. The van der Waals surface area contributed by atoms with Gasteiger partial charge in [-0.25, -0.2) is 13.8 Å². The fourth-order valence-electron chi connectivity index (χ4n) is 2.62. The quantitative estimate of drug-likeness (QED) is 0.796. The molecule has 3 N–H and O–H groups in total. The number of halogens is 2. The van der Waals surface area contributed by atoms with Gasteiger partial charge in [0.2, 0.25) is 0 Å². The second-order valence-electron chi connectivity index (χ2n) is 5.65. The van der Waals surface area contributed by atoms with Crippen LogP contribution in [-0.4, -0.2) is 29.3 Å². The van der Waals surface area contributed by atoms with Crippen molar-refractivity contribution in [1.82, 2.24) is 4.98 Å². The van der Waals surface area contributed by atoms with Gasteiger partial charge in [-0.2, -0.15) is 0 Å². The molecule has 0 amide bonds. The first-order valence-electron chi connectivity index (χ1n) is 6.92. The Balaban J connectivity index is 2.23. The molecule has 1 aromatic rings. The van der Waals surface area contributed by atoms with Crippen molar-refractivity contribution in [1.29, 1.82) is 0 Å². The number of pyridine rings is 1. The van der Waals surface area contributed by atoms with E-state index in [9.17, 15) is 13.9 Å². The molecule has 1 aromatic heterocycles. The third-order valence-electron chi connectivity index (χ3n) is 4.08. The Hall–Kier alpha value is -1.43. The molecular formula is C14H21F2N3O. The summed E-state index contributed by atoms with van der Waals surface area (Å²) < 4.78 is 27.2. The number of hydrogen-bond acceptors (Lipinski definition) is 4. The van der Waals surface area contributed by atoms with Crippen molar-refractivity contribution >= 4 is 11.6 Å². The van der Waals surface area contributed by atoms with Crippen LogP contribution in [0.1, 0.15) is 32.6 Å². The highest BCUT2D eigenvalue weighted by atomic mass is 19.1. The number of hydrogen-bond donors (Lipinski definition) is 3. The molecule has 1 fully saturated rings. The minimum absolute atomic E-state index is 0.00818. The number of aromatic nitrogens is 1. The molecule has 0 saturated heterocycles. The number of nitrogens with one attached hydrogen (secondary N) is 2. The maximum absolute atomic E-state index is 13.8. The molecular weight excluding hydrogens is 264 g/mol. The van der Waals surface area contributed by atoms with Crippen LogP contribution in [0.25, 0.3) is 0 Å². The Kier molecular flexibility index (Phi) is 4.42. The van der Waals surface area contributed by atoms with Crippen molar-refractivity contribution in [2.24, 2.45) is 5.92 Å². The van der Waals surface area contributed by atoms with Crippen LogP contribution in [0, 0.1) is 17.6 Å². The largest absolute Gasteiger partial charge is 0.394 e. The Morgan fingerprint density at radius 2 is 1.90 bits per heavy atom. The molecule has 20 heavy (non-hydrogen) atoms. The van der Waals surface area contributed by atoms with Gasteiger partial charge in [0.1, 0.15) is 0 Å². The summed E-state index contributed by atoms with van der Waals surface area (Å²) in [5.74, 6) is -0.889. The van der Waals surface area contributed by atoms with E-state index < -0.39 is 17.2 Å². The summed E-state index contributed by atoms with van der Waals surface area (Å²) in [4.78, 5) is 3.91. The number of nitrogens with zero attached hydrogens (tertiary/aromatic N) is 1. The first-order valence-corrected chi connectivity index (χ1v) is 6.92. The standard InChI is InChI=1S/C14H21F2N3O/c1-9-3-5-14(8-20,6-4-9)19-13-11(16)7-10(15)12(17-2)18-13/h7,9,20H,3-6,8H2,1-2H3,(H2,17,18,19). The number of rotatable bonds is 4. The molecule has 1 saturated carbocycles. The van der Waals surface area contributed by atoms with Crippen molar-refractivity contribution in [2.75, 3.05) is 24.3 Å². The fourth-order valence-corrected chi connectivity index (χ4v) is 2.62. The van der Waals surface area contributed by atoms with Crippen LogP contribution in [0.3, 0.4) is 0 Å². The summed E-state index contributed by atoms with van der Waals surface area (Å²) in [6.07, 6.45) is 3.43. The predicted molar refractivity (Wildman–Crippen MR) is 74.8 cm³/mol. The van der Waals surface area contributed by atoms with E-state index in [1.165, 1.54) is 7.05 Å². The third kappa shape index (κ3) is 3.00. The molecule has 0 aromatic carbocycles. The molecule has 0 atom stereocenters. The second-order valence-corrected chi connectivity index (χ2v) is 5.65. The zero-order valence-corrected chi connectivity index (χ0v) is 11.8. The van der Waals surface area contributed by atoms with Crippen molar-refractivity contribution in [3.63, 3.8) is 0 Å². The second kappa shape index (κ2) is 5.91. The van der Waals surface area contributed by atoms with Gasteiger partial charge in [-0.05, 0) is 31.6 Å². The van der Waals surface area contributed by atoms with E-state index >= 15 is 0 Å². The minimum Gasteiger partial charge on any atom is -0.394 e. The molecule has 1 aliphatic carbocycles. The van der Waals surface area contributed by atoms with E-state index in [0.717, 1.165) is 31.7 Å². The monoisotopic (exact) mass is 285 g/mol. The lowest BCUT2D eigenvalue weighted by Gasteiger charge is -2.39. The van der Waals surface area contributed by atoms with Crippen molar-refractivity contribution in [2.45, 2.75) is 38.1 Å². The van der Waals surface area contributed by atoms with Gasteiger partial charge >= 0.3 is 0 Å². The van der Waals surface area contributed by atoms with Gasteiger partial charge < -0.3 is 15.7 Å². The molecule has 4 nitrogen and oxygen atoms in total. The van der Waals surface area contributed by atoms with E-state index in [4.69, 9.17) is 0 Å². The summed E-state index contributed by atoms with van der Waals surface area (Å²) >= 11 is 0. The zero-order valence-electron chi connectivity index (χ0n) is 11.8. The average Bonchev–Trinajstić information content (AvgIpc) is 2.44. The van der Waals surface area contributed by atoms with E-state index in [1.54, 1.807) is 0 Å². The van der Waals surface area contributed by atoms with Crippen LogP contribution in [0.2, 0.25) is 0 Å². The normalized spacial score (nSPS) is 26.4. The predicted octanol–water partition coefficient (Wildman–Crippen LogP) is 2.75. The van der Waals surface area contributed by atoms with Crippen LogP contribution >= 0.6 is 0 Å². The minimum atomic E-state index is -0.743. The molecule has 1 aliphatic rings. The lowest BCUT2D eigenvalue weighted by atomic mass is 9.77. The first-order chi connectivity index (χ1) is 9.49. The average molecular weight is 285 g/mol. The molecule has 2 rings (SSSR count). The van der Waals surface area contributed by atoms with Gasteiger partial charge in [-0.15, -0.1) is 0 Å². The number of anilines is 2. The van der Waals surface area contributed by atoms with E-state index in [-0.39, 0.29) is 18.2 Å². The van der Waals surface area contributed by atoms with E-state index in [1.807, 2.05) is 0 Å². The maximum Gasteiger partial charge on any atom is 0.168 e. The SMILES string of the molecule is CNc1nc(NC2(CO)CCC(C)CC2)c(F)cc1F. The van der Waals surface area contributed by atoms with Gasteiger partial charge in [-0.1, -0.05) is 6.92 Å². The number of aliphatic hydroxyl groups is 1. The Morgan fingerprint density at radius 3 is 2.45 bits per heavy atom. The van der Waals surface area contributed by atoms with E-state index in [0.29, 0.717) is 5.92 Å². The summed E-state index contributed by atoms with van der Waals surface area (Å²) in [6.45, 7) is 2.07. The third-order valence-corrected chi connectivity index (χ3v) is 4.08. The highest BCUT2D eigenvalue weighted by Gasteiger charge is 2.34. The maximum atomic E-state index is 13.8. The summed E-state index contributed by atoms with van der Waals surface area (Å²) in [6, 6.07) is 0.803. The molecule has 0 spiro atoms. The van der Waals surface area contributed by atoms with Crippen molar-refractivity contribution < 1.29 is 13.9 Å². The van der Waals surface area contributed by atoms with Crippen LogP contribution in [0.15, 0.2) is 6.07 Å². The van der Waals surface area contributed by atoms with E-state index in [2.05, 4.69) is 22.5 Å². The molecule has 0 bridgehead atoms. The van der Waals surface area contributed by atoms with Crippen LogP contribution < -0.4 is 10.6 Å². The Labute approximate surface area is 117 Å². The smallest absolute Gasteiger partial charge is 0.168 e. The van der Waals surface area contributed by atoms with Gasteiger partial charge in [0.15, 0.2) is 23.3 Å². The van der Waals surface area contributed by atoms with Crippen molar-refractivity contribution in [3.05, 3.63) is 17.7 Å². The molecule has 0 radical (unpaired) electrons. The van der Waals surface area contributed by atoms with Crippen LogP contribution in [0.5, 0.6) is 0 Å². The lowest BCUT2D eigenvalue weighted by molar-refractivity contribution is 0.154. The van der Waals surface area contributed by atoms with Crippen molar-refractivity contribution in [3.8, 4) is 0 Å². The first kappa shape index (κ1) is 15.0. The fraction of sp³-hybridized carbons (Fsp3) is 0.643. The molecule has 1 heterocycles. The Morgan fingerprint density at radius 1 is 1.30 bits per heavy atom. The zero-order chi connectivity index (χ0) is 14.8. The van der Waals surface area contributed by atoms with Crippen LogP contribution in [-0.2, 0) is 0 Å². The molecule has 0 aliphatic heterocycles. The topological polar surface area (TPSA) is 57.2 Å². The summed E-state index contributed by atoms with van der Waals surface area (Å²) in [5, 5.41) is 15.2. The molecule has 112 valence electrons. The van der Waals surface area contributed by atoms with Gasteiger partial charge in [0.05, 0.1) is 12.1 Å². The molecule has 0 unspecified atom stereocenters. The van der Waals surface area contributed by atoms with Gasteiger partial charge in [0, 0.05) is 13.1 Å². The highest BCUT2D eigenvalue weighted by Crippen LogP contribution is 2.35. The van der Waals surface area contributed by atoms with Crippen LogP contribution in [0.4, 0.5) is 20.4 Å².